The molecule has 0 saturated carbocycles. The Kier molecular flexibility index (Phi) is 6.71. The molecule has 0 aromatic heterocycles. The van der Waals surface area contributed by atoms with Crippen molar-refractivity contribution in [2.75, 3.05) is 19.7 Å². The molecule has 0 amide bonds. The summed E-state index contributed by atoms with van der Waals surface area (Å²) >= 11 is 0. The SMILES string of the molecule is CC(C)OCCN(CCC(C)(C)C)C(C)(C)C. The minimum atomic E-state index is 0.228. The van der Waals surface area contributed by atoms with Crippen molar-refractivity contribution < 1.29 is 4.74 Å². The number of nitrogens with zero attached hydrogens (tertiary/aromatic N) is 1. The smallest absolute Gasteiger partial charge is 0.0597 e. The molecule has 0 aliphatic rings. The summed E-state index contributed by atoms with van der Waals surface area (Å²) < 4.78 is 5.66. The molecule has 0 aliphatic carbocycles. The Morgan fingerprint density at radius 3 is 1.82 bits per heavy atom. The summed E-state index contributed by atoms with van der Waals surface area (Å²) in [6.07, 6.45) is 1.56. The molecule has 0 aromatic rings. The first-order chi connectivity index (χ1) is 7.52. The van der Waals surface area contributed by atoms with Crippen molar-refractivity contribution in [3.8, 4) is 0 Å². The van der Waals surface area contributed by atoms with E-state index in [1.165, 1.54) is 6.42 Å². The van der Waals surface area contributed by atoms with E-state index < -0.39 is 0 Å². The van der Waals surface area contributed by atoms with Gasteiger partial charge in [0.25, 0.3) is 0 Å². The van der Waals surface area contributed by atoms with E-state index in [0.717, 1.165) is 19.7 Å². The Hall–Kier alpha value is -0.0800. The van der Waals surface area contributed by atoms with E-state index in [1.807, 2.05) is 0 Å². The lowest BCUT2D eigenvalue weighted by atomic mass is 9.91. The first-order valence-corrected chi connectivity index (χ1v) is 6.89. The first-order valence-electron chi connectivity index (χ1n) is 6.89. The van der Waals surface area contributed by atoms with Crippen molar-refractivity contribution in [1.29, 1.82) is 0 Å². The fourth-order valence-corrected chi connectivity index (χ4v) is 1.65. The van der Waals surface area contributed by atoms with Crippen molar-refractivity contribution in [3.05, 3.63) is 0 Å². The standard InChI is InChI=1S/C15H33NO/c1-13(2)17-12-11-16(15(6,7)8)10-9-14(3,4)5/h13H,9-12H2,1-8H3. The van der Waals surface area contributed by atoms with Gasteiger partial charge < -0.3 is 4.74 Å². The minimum absolute atomic E-state index is 0.228. The van der Waals surface area contributed by atoms with Crippen molar-refractivity contribution in [2.45, 2.75) is 73.5 Å². The molecule has 0 heterocycles. The van der Waals surface area contributed by atoms with Crippen LogP contribution in [0.4, 0.5) is 0 Å². The maximum atomic E-state index is 5.66. The molecule has 0 aromatic carbocycles. The summed E-state index contributed by atoms with van der Waals surface area (Å²) in [4.78, 5) is 2.53. The van der Waals surface area contributed by atoms with Gasteiger partial charge in [0.15, 0.2) is 0 Å². The summed E-state index contributed by atoms with van der Waals surface area (Å²) in [7, 11) is 0. The predicted molar refractivity (Wildman–Crippen MR) is 76.5 cm³/mol. The molecule has 2 heteroatoms. The molecule has 0 unspecified atom stereocenters. The summed E-state index contributed by atoms with van der Waals surface area (Å²) in [6, 6.07) is 0. The van der Waals surface area contributed by atoms with E-state index in [0.29, 0.717) is 11.5 Å². The van der Waals surface area contributed by atoms with Crippen LogP contribution in [0.1, 0.15) is 61.8 Å². The van der Waals surface area contributed by atoms with E-state index in [1.54, 1.807) is 0 Å². The zero-order valence-corrected chi connectivity index (χ0v) is 13.3. The number of rotatable bonds is 6. The zero-order chi connectivity index (χ0) is 13.7. The van der Waals surface area contributed by atoms with Crippen LogP contribution in [0.25, 0.3) is 0 Å². The van der Waals surface area contributed by atoms with Gasteiger partial charge in [0, 0.05) is 12.1 Å². The second kappa shape index (κ2) is 6.75. The van der Waals surface area contributed by atoms with Gasteiger partial charge in [-0.1, -0.05) is 20.8 Å². The second-order valence-corrected chi connectivity index (χ2v) is 7.39. The van der Waals surface area contributed by atoms with Crippen LogP contribution in [0.3, 0.4) is 0 Å². The molecule has 0 spiro atoms. The summed E-state index contributed by atoms with van der Waals surface area (Å²) in [6.45, 7) is 21.0. The van der Waals surface area contributed by atoms with Gasteiger partial charge in [0.1, 0.15) is 0 Å². The van der Waals surface area contributed by atoms with Gasteiger partial charge in [0.05, 0.1) is 12.7 Å². The van der Waals surface area contributed by atoms with Crippen molar-refractivity contribution in [3.63, 3.8) is 0 Å². The third kappa shape index (κ3) is 9.61. The largest absolute Gasteiger partial charge is 0.377 e. The molecule has 0 bridgehead atoms. The summed E-state index contributed by atoms with van der Waals surface area (Å²) in [5.74, 6) is 0. The van der Waals surface area contributed by atoms with Crippen LogP contribution in [0.2, 0.25) is 0 Å². The summed E-state index contributed by atoms with van der Waals surface area (Å²) in [5, 5.41) is 0. The Bertz CT molecular complexity index is 198. The fraction of sp³-hybridized carbons (Fsp3) is 1.00. The summed E-state index contributed by atoms with van der Waals surface area (Å²) in [5.41, 5.74) is 0.633. The highest BCUT2D eigenvalue weighted by molar-refractivity contribution is 4.78. The van der Waals surface area contributed by atoms with Crippen LogP contribution in [-0.4, -0.2) is 36.2 Å². The van der Waals surface area contributed by atoms with Gasteiger partial charge in [-0.25, -0.2) is 0 Å². The predicted octanol–water partition coefficient (Wildman–Crippen LogP) is 3.95. The van der Waals surface area contributed by atoms with Crippen LogP contribution >= 0.6 is 0 Å². The Morgan fingerprint density at radius 1 is 0.941 bits per heavy atom. The molecule has 0 aliphatic heterocycles. The van der Waals surface area contributed by atoms with E-state index >= 15 is 0 Å². The highest BCUT2D eigenvalue weighted by atomic mass is 16.5. The average molecular weight is 243 g/mol. The maximum absolute atomic E-state index is 5.66. The first kappa shape index (κ1) is 16.9. The number of hydrogen-bond acceptors (Lipinski definition) is 2. The molecule has 0 N–H and O–H groups in total. The maximum Gasteiger partial charge on any atom is 0.0597 e. The Labute approximate surface area is 109 Å². The monoisotopic (exact) mass is 243 g/mol. The van der Waals surface area contributed by atoms with Crippen LogP contribution in [0, 0.1) is 5.41 Å². The third-order valence-corrected chi connectivity index (χ3v) is 2.89. The van der Waals surface area contributed by atoms with E-state index in [-0.39, 0.29) is 5.54 Å². The molecule has 0 rings (SSSR count). The average Bonchev–Trinajstić information content (AvgIpc) is 2.06. The molecule has 0 saturated heterocycles. The Morgan fingerprint density at radius 2 is 1.47 bits per heavy atom. The normalized spacial score (nSPS) is 13.8. The van der Waals surface area contributed by atoms with Gasteiger partial charge >= 0.3 is 0 Å². The van der Waals surface area contributed by atoms with Crippen molar-refractivity contribution in [2.24, 2.45) is 5.41 Å². The van der Waals surface area contributed by atoms with Crippen LogP contribution in [0.15, 0.2) is 0 Å². The highest BCUT2D eigenvalue weighted by Crippen LogP contribution is 2.22. The fourth-order valence-electron chi connectivity index (χ4n) is 1.65. The lowest BCUT2D eigenvalue weighted by Gasteiger charge is -2.37. The second-order valence-electron chi connectivity index (χ2n) is 7.39. The van der Waals surface area contributed by atoms with Crippen LogP contribution in [-0.2, 0) is 4.74 Å². The minimum Gasteiger partial charge on any atom is -0.377 e. The van der Waals surface area contributed by atoms with Gasteiger partial charge in [0.2, 0.25) is 0 Å². The molecule has 0 fully saturated rings. The van der Waals surface area contributed by atoms with Crippen LogP contribution in [0.5, 0.6) is 0 Å². The van der Waals surface area contributed by atoms with E-state index in [2.05, 4.69) is 60.3 Å². The molecule has 2 nitrogen and oxygen atoms in total. The van der Waals surface area contributed by atoms with E-state index in [4.69, 9.17) is 4.74 Å². The molecular weight excluding hydrogens is 210 g/mol. The van der Waals surface area contributed by atoms with Gasteiger partial charge in [-0.05, 0) is 53.0 Å². The topological polar surface area (TPSA) is 12.5 Å². The lowest BCUT2D eigenvalue weighted by molar-refractivity contribution is 0.0310. The highest BCUT2D eigenvalue weighted by Gasteiger charge is 2.22. The Balaban J connectivity index is 4.17. The van der Waals surface area contributed by atoms with Crippen LogP contribution < -0.4 is 0 Å². The quantitative estimate of drug-likeness (QED) is 0.700. The zero-order valence-electron chi connectivity index (χ0n) is 13.3. The molecule has 104 valence electrons. The van der Waals surface area contributed by atoms with Gasteiger partial charge in [-0.2, -0.15) is 0 Å². The molecule has 17 heavy (non-hydrogen) atoms. The lowest BCUT2D eigenvalue weighted by Crippen LogP contribution is -2.44. The number of hydrogen-bond donors (Lipinski definition) is 0. The molecular formula is C15H33NO. The van der Waals surface area contributed by atoms with E-state index in [9.17, 15) is 0 Å². The van der Waals surface area contributed by atoms with Crippen molar-refractivity contribution >= 4 is 0 Å². The van der Waals surface area contributed by atoms with Gasteiger partial charge in [-0.15, -0.1) is 0 Å². The molecule has 0 atom stereocenters. The molecule has 0 radical (unpaired) electrons. The van der Waals surface area contributed by atoms with Crippen molar-refractivity contribution in [1.82, 2.24) is 4.90 Å². The van der Waals surface area contributed by atoms with Gasteiger partial charge in [-0.3, -0.25) is 4.90 Å². The number of ether oxygens (including phenoxy) is 1. The third-order valence-electron chi connectivity index (χ3n) is 2.89.